The molecule has 3 rings (SSSR count). The van der Waals surface area contributed by atoms with Crippen molar-refractivity contribution in [3.05, 3.63) is 58.4 Å². The number of phenols is 1. The van der Waals surface area contributed by atoms with E-state index in [4.69, 9.17) is 17.0 Å². The molecule has 7 heteroatoms. The maximum Gasteiger partial charge on any atom is 0.265 e. The number of aromatic nitrogens is 3. The van der Waals surface area contributed by atoms with Crippen molar-refractivity contribution >= 4 is 18.1 Å². The van der Waals surface area contributed by atoms with Crippen LogP contribution in [-0.4, -0.2) is 32.9 Å². The first-order chi connectivity index (χ1) is 12.4. The maximum absolute atomic E-state index is 13.0. The number of aromatic hydroxyl groups is 1. The van der Waals surface area contributed by atoms with Gasteiger partial charge in [0.1, 0.15) is 11.5 Å². The molecule has 0 radical (unpaired) electrons. The van der Waals surface area contributed by atoms with E-state index in [9.17, 15) is 9.90 Å². The summed E-state index contributed by atoms with van der Waals surface area (Å²) in [5.41, 5.74) is 1.94. The molecule has 0 saturated carbocycles. The Morgan fingerprint density at radius 1 is 1.23 bits per heavy atom. The molecule has 0 spiro atoms. The Hall–Kier alpha value is -2.93. The van der Waals surface area contributed by atoms with Crippen LogP contribution < -0.4 is 4.74 Å². The van der Waals surface area contributed by atoms with Gasteiger partial charge in [0.25, 0.3) is 5.91 Å². The number of aromatic amines is 1. The van der Waals surface area contributed by atoms with Gasteiger partial charge in [-0.2, -0.15) is 5.10 Å². The lowest BCUT2D eigenvalue weighted by Gasteiger charge is -2.11. The molecule has 3 aromatic rings. The molecule has 1 heterocycles. The fraction of sp³-hybridized carbons (Fsp3) is 0.211. The summed E-state index contributed by atoms with van der Waals surface area (Å²) in [4.78, 5) is 13.0. The molecule has 6 nitrogen and oxygen atoms in total. The molecular formula is C19H19N3O3S. The highest BCUT2D eigenvalue weighted by Gasteiger charge is 2.19. The highest BCUT2D eigenvalue weighted by atomic mass is 32.1. The van der Waals surface area contributed by atoms with Crippen LogP contribution in [0.2, 0.25) is 0 Å². The lowest BCUT2D eigenvalue weighted by molar-refractivity contribution is 0.0960. The van der Waals surface area contributed by atoms with Crippen LogP contribution >= 0.6 is 12.2 Å². The summed E-state index contributed by atoms with van der Waals surface area (Å²) < 4.78 is 6.69. The van der Waals surface area contributed by atoms with E-state index in [0.717, 1.165) is 5.56 Å². The Labute approximate surface area is 156 Å². The number of hydrogen-bond acceptors (Lipinski definition) is 5. The van der Waals surface area contributed by atoms with Crippen LogP contribution in [0.5, 0.6) is 11.5 Å². The van der Waals surface area contributed by atoms with Crippen molar-refractivity contribution in [2.24, 2.45) is 0 Å². The van der Waals surface area contributed by atoms with Gasteiger partial charge in [-0.05, 0) is 66.2 Å². The van der Waals surface area contributed by atoms with Gasteiger partial charge in [-0.15, -0.1) is 0 Å². The van der Waals surface area contributed by atoms with Crippen molar-refractivity contribution in [1.82, 2.24) is 14.8 Å². The zero-order chi connectivity index (χ0) is 18.8. The molecule has 0 fully saturated rings. The highest BCUT2D eigenvalue weighted by Crippen LogP contribution is 2.30. The van der Waals surface area contributed by atoms with E-state index < -0.39 is 0 Å². The average molecular weight is 369 g/mol. The van der Waals surface area contributed by atoms with Gasteiger partial charge in [-0.1, -0.05) is 13.8 Å². The average Bonchev–Trinajstić information content (AvgIpc) is 3.03. The predicted molar refractivity (Wildman–Crippen MR) is 101 cm³/mol. The lowest BCUT2D eigenvalue weighted by Crippen LogP contribution is -2.13. The molecular weight excluding hydrogens is 350 g/mol. The minimum Gasteiger partial charge on any atom is -0.508 e. The summed E-state index contributed by atoms with van der Waals surface area (Å²) >= 11 is 5.26. The van der Waals surface area contributed by atoms with Gasteiger partial charge in [0.05, 0.1) is 7.11 Å². The van der Waals surface area contributed by atoms with Crippen molar-refractivity contribution < 1.29 is 14.6 Å². The summed E-state index contributed by atoms with van der Waals surface area (Å²) in [5, 5.41) is 16.9. The maximum atomic E-state index is 13.0. The number of ether oxygens (including phenoxy) is 1. The van der Waals surface area contributed by atoms with Gasteiger partial charge >= 0.3 is 0 Å². The molecule has 0 aliphatic carbocycles. The number of methoxy groups -OCH3 is 1. The third-order valence-electron chi connectivity index (χ3n) is 4.12. The fourth-order valence-electron chi connectivity index (χ4n) is 2.70. The van der Waals surface area contributed by atoms with E-state index in [1.54, 1.807) is 43.5 Å². The van der Waals surface area contributed by atoms with Gasteiger partial charge in [0.2, 0.25) is 4.77 Å². The predicted octanol–water partition coefficient (Wildman–Crippen LogP) is 4.13. The first-order valence-corrected chi connectivity index (χ1v) is 8.52. The van der Waals surface area contributed by atoms with Crippen LogP contribution in [0.3, 0.4) is 0 Å². The summed E-state index contributed by atoms with van der Waals surface area (Å²) in [6.07, 6.45) is 0. The van der Waals surface area contributed by atoms with Crippen molar-refractivity contribution in [2.45, 2.75) is 19.8 Å². The molecule has 2 N–H and O–H groups in total. The van der Waals surface area contributed by atoms with Gasteiger partial charge in [-0.3, -0.25) is 9.89 Å². The Bertz CT molecular complexity index is 1000. The van der Waals surface area contributed by atoms with Gasteiger partial charge in [0.15, 0.2) is 5.82 Å². The second kappa shape index (κ2) is 7.13. The van der Waals surface area contributed by atoms with E-state index in [2.05, 4.69) is 10.2 Å². The molecule has 0 bridgehead atoms. The lowest BCUT2D eigenvalue weighted by atomic mass is 9.99. The van der Waals surface area contributed by atoms with Crippen molar-refractivity contribution in [3.8, 4) is 22.9 Å². The van der Waals surface area contributed by atoms with Crippen LogP contribution in [0.15, 0.2) is 42.5 Å². The summed E-state index contributed by atoms with van der Waals surface area (Å²) in [6.45, 7) is 3.97. The zero-order valence-electron chi connectivity index (χ0n) is 14.7. The Balaban J connectivity index is 2.08. The molecule has 1 aromatic heterocycles. The number of benzene rings is 2. The number of carbonyl (C=O) groups excluding carboxylic acids is 1. The normalized spacial score (nSPS) is 10.9. The summed E-state index contributed by atoms with van der Waals surface area (Å²) in [6, 6.07) is 11.9. The van der Waals surface area contributed by atoms with Crippen LogP contribution in [-0.2, 0) is 0 Å². The van der Waals surface area contributed by atoms with Crippen molar-refractivity contribution in [1.29, 1.82) is 0 Å². The van der Waals surface area contributed by atoms with Gasteiger partial charge in [0, 0.05) is 11.1 Å². The Morgan fingerprint density at radius 2 is 1.92 bits per heavy atom. The molecule has 0 unspecified atom stereocenters. The zero-order valence-corrected chi connectivity index (χ0v) is 15.5. The SMILES string of the molecule is COc1ccc(C(=O)n2c(-c3ccc(O)c(C(C)C)c3)n[nH]c2=S)cc1. The van der Waals surface area contributed by atoms with Gasteiger partial charge in [-0.25, -0.2) is 4.57 Å². The Morgan fingerprint density at radius 3 is 2.54 bits per heavy atom. The molecule has 134 valence electrons. The van der Waals surface area contributed by atoms with E-state index >= 15 is 0 Å². The third-order valence-corrected chi connectivity index (χ3v) is 4.39. The largest absolute Gasteiger partial charge is 0.508 e. The molecule has 26 heavy (non-hydrogen) atoms. The molecule has 2 aromatic carbocycles. The van der Waals surface area contributed by atoms with Gasteiger partial charge < -0.3 is 9.84 Å². The molecule has 0 amide bonds. The Kier molecular flexibility index (Phi) is 4.90. The number of nitrogens with zero attached hydrogens (tertiary/aromatic N) is 2. The number of hydrogen-bond donors (Lipinski definition) is 2. The first-order valence-electron chi connectivity index (χ1n) is 8.12. The second-order valence-electron chi connectivity index (χ2n) is 6.15. The first kappa shape index (κ1) is 17.9. The third kappa shape index (κ3) is 3.25. The number of rotatable bonds is 4. The number of nitrogens with one attached hydrogen (secondary N) is 1. The smallest absolute Gasteiger partial charge is 0.265 e. The monoisotopic (exact) mass is 369 g/mol. The molecule has 0 atom stereocenters. The van der Waals surface area contributed by atoms with E-state index in [1.165, 1.54) is 4.57 Å². The van der Waals surface area contributed by atoms with Crippen molar-refractivity contribution in [2.75, 3.05) is 7.11 Å². The van der Waals surface area contributed by atoms with Crippen molar-refractivity contribution in [3.63, 3.8) is 0 Å². The summed E-state index contributed by atoms with van der Waals surface area (Å²) in [5.74, 6) is 1.12. The van der Waals surface area contributed by atoms with E-state index in [1.807, 2.05) is 19.9 Å². The highest BCUT2D eigenvalue weighted by molar-refractivity contribution is 7.71. The number of H-pyrrole nitrogens is 1. The van der Waals surface area contributed by atoms with Crippen LogP contribution in [0.4, 0.5) is 0 Å². The van der Waals surface area contributed by atoms with Crippen LogP contribution in [0.25, 0.3) is 11.4 Å². The summed E-state index contributed by atoms with van der Waals surface area (Å²) in [7, 11) is 1.57. The number of carbonyl (C=O) groups is 1. The fourth-order valence-corrected chi connectivity index (χ4v) is 2.91. The molecule has 0 aliphatic heterocycles. The standard InChI is InChI=1S/C19H19N3O3S/c1-11(2)15-10-13(6-9-16(15)23)17-20-21-19(26)22(17)18(24)12-4-7-14(25-3)8-5-12/h4-11,23H,1-3H3,(H,21,26). The molecule has 0 aliphatic rings. The van der Waals surface area contributed by atoms with E-state index in [0.29, 0.717) is 22.7 Å². The van der Waals surface area contributed by atoms with Crippen LogP contribution in [0.1, 0.15) is 35.7 Å². The minimum absolute atomic E-state index is 0.127. The second-order valence-corrected chi connectivity index (χ2v) is 6.54. The topological polar surface area (TPSA) is 80.1 Å². The molecule has 0 saturated heterocycles. The number of phenolic OH excluding ortho intramolecular Hbond substituents is 1. The quantitative estimate of drug-likeness (QED) is 0.676. The van der Waals surface area contributed by atoms with E-state index in [-0.39, 0.29) is 22.3 Å². The van der Waals surface area contributed by atoms with Crippen LogP contribution in [0, 0.1) is 4.77 Å². The minimum atomic E-state index is -0.291.